The molecule has 4 aliphatic rings. The lowest BCUT2D eigenvalue weighted by molar-refractivity contribution is -0.0841. The molecule has 4 rings (SSSR count). The Bertz CT molecular complexity index is 743. The van der Waals surface area contributed by atoms with E-state index in [1.165, 1.54) is 9.80 Å². The molecular weight excluding hydrogens is 494 g/mol. The number of piperidine rings is 2. The van der Waals surface area contributed by atoms with Crippen molar-refractivity contribution in [1.29, 1.82) is 0 Å². The quantitative estimate of drug-likeness (QED) is 0.507. The van der Waals surface area contributed by atoms with Crippen molar-refractivity contribution in [2.45, 2.75) is 59.5 Å². The van der Waals surface area contributed by atoms with Crippen LogP contribution in [-0.4, -0.2) is 87.3 Å². The summed E-state index contributed by atoms with van der Waals surface area (Å²) in [5, 5.41) is 1.49. The van der Waals surface area contributed by atoms with Crippen molar-refractivity contribution in [1.82, 2.24) is 19.9 Å². The molecule has 0 radical (unpaired) electrons. The number of alkyl halides is 4. The van der Waals surface area contributed by atoms with Crippen molar-refractivity contribution in [2.75, 3.05) is 13.1 Å². The largest absolute Gasteiger partial charge is 0.442 e. The van der Waals surface area contributed by atoms with Gasteiger partial charge in [0.15, 0.2) is 0 Å². The maximum atomic E-state index is 12.6. The highest BCUT2D eigenvalue weighted by Crippen LogP contribution is 2.36. The van der Waals surface area contributed by atoms with Crippen LogP contribution in [0.4, 0.5) is 9.59 Å². The summed E-state index contributed by atoms with van der Waals surface area (Å²) in [6.07, 6.45) is 1.95. The van der Waals surface area contributed by atoms with E-state index in [2.05, 4.69) is 0 Å². The lowest BCUT2D eigenvalue weighted by Crippen LogP contribution is -2.44. The minimum atomic E-state index is -4.74. The summed E-state index contributed by atoms with van der Waals surface area (Å²) in [5.41, 5.74) is 0. The number of rotatable bonds is 6. The minimum absolute atomic E-state index is 0.239. The summed E-state index contributed by atoms with van der Waals surface area (Å²) in [5.74, 6) is 0. The summed E-state index contributed by atoms with van der Waals surface area (Å²) in [6, 6.07) is -3.17. The number of nitrogens with zero attached hydrogens (tertiary/aromatic N) is 4. The summed E-state index contributed by atoms with van der Waals surface area (Å²) < 4.78 is 34.8. The molecule has 4 heterocycles. The second kappa shape index (κ2) is 7.92. The number of hydrogen-bond donors (Lipinski definition) is 0. The summed E-state index contributed by atoms with van der Waals surface area (Å²) in [4.78, 5) is 26.3. The van der Waals surface area contributed by atoms with Crippen molar-refractivity contribution >= 4 is 68.9 Å². The number of hydroxylamine groups is 4. The predicted molar refractivity (Wildman–Crippen MR) is 104 cm³/mol. The van der Waals surface area contributed by atoms with E-state index < -0.39 is 56.3 Å². The van der Waals surface area contributed by atoms with E-state index in [0.717, 1.165) is 10.1 Å². The fourth-order valence-electron chi connectivity index (χ4n) is 4.25. The van der Waals surface area contributed by atoms with E-state index in [4.69, 9.17) is 55.0 Å². The number of amides is 4. The van der Waals surface area contributed by atoms with Gasteiger partial charge in [0.1, 0.15) is 9.67 Å². The maximum Gasteiger partial charge on any atom is 0.442 e. The first-order chi connectivity index (χ1) is 13.6. The summed E-state index contributed by atoms with van der Waals surface area (Å²) in [7, 11) is -4.74. The van der Waals surface area contributed by atoms with Crippen LogP contribution in [0, 0.1) is 0 Å². The molecule has 0 aromatic rings. The lowest BCUT2D eigenvalue weighted by Gasteiger charge is -2.30. The van der Waals surface area contributed by atoms with Crippen molar-refractivity contribution < 1.29 is 26.6 Å². The number of fused-ring (bicyclic) bond motifs is 4. The Balaban J connectivity index is 1.44. The molecule has 0 aromatic heterocycles. The third kappa shape index (κ3) is 3.95. The first kappa shape index (κ1) is 21.8. The van der Waals surface area contributed by atoms with Crippen LogP contribution < -0.4 is 0 Å². The highest BCUT2D eigenvalue weighted by molar-refractivity contribution is 7.81. The average molecular weight is 512 g/mol. The third-order valence-electron chi connectivity index (χ3n) is 5.66. The average Bonchev–Trinajstić information content (AvgIpc) is 3.01. The molecule has 0 aliphatic carbocycles. The second-order valence-electron chi connectivity index (χ2n) is 7.34. The minimum Gasteiger partial charge on any atom is -0.315 e. The first-order valence-corrected chi connectivity index (χ1v) is 12.1. The number of carbonyl (C=O) groups excluding carboxylic acids is 2. The number of hydrogen-bond acceptors (Lipinski definition) is 6. The highest BCUT2D eigenvalue weighted by Gasteiger charge is 2.52. The van der Waals surface area contributed by atoms with E-state index in [-0.39, 0.29) is 13.1 Å². The van der Waals surface area contributed by atoms with Gasteiger partial charge in [-0.1, -0.05) is 0 Å². The van der Waals surface area contributed by atoms with Gasteiger partial charge in [-0.15, -0.1) is 55.0 Å². The van der Waals surface area contributed by atoms with Gasteiger partial charge < -0.3 is 9.80 Å². The van der Waals surface area contributed by atoms with E-state index in [9.17, 15) is 18.0 Å². The second-order valence-corrected chi connectivity index (χ2v) is 10.8. The molecule has 10 nitrogen and oxygen atoms in total. The normalized spacial score (nSPS) is 32.3. The Hall–Kier alpha value is -0.430. The molecule has 4 fully saturated rings. The summed E-state index contributed by atoms with van der Waals surface area (Å²) in [6.45, 7) is 0.477. The molecule has 0 saturated carbocycles. The zero-order valence-electron chi connectivity index (χ0n) is 14.9. The molecule has 15 heteroatoms. The van der Waals surface area contributed by atoms with Crippen molar-refractivity contribution in [3.8, 4) is 0 Å². The van der Waals surface area contributed by atoms with Crippen LogP contribution in [0.2, 0.25) is 0 Å². The lowest BCUT2D eigenvalue weighted by atomic mass is 10.0. The predicted octanol–water partition coefficient (Wildman–Crippen LogP) is 2.24. The van der Waals surface area contributed by atoms with E-state index in [0.29, 0.717) is 25.7 Å². The molecule has 4 aliphatic heterocycles. The van der Waals surface area contributed by atoms with Gasteiger partial charge in [-0.3, -0.25) is 0 Å². The Kier molecular flexibility index (Phi) is 5.95. The van der Waals surface area contributed by atoms with Crippen LogP contribution >= 0.6 is 46.4 Å². The smallest absolute Gasteiger partial charge is 0.315 e. The first-order valence-electron chi connectivity index (χ1n) is 8.99. The molecule has 4 atom stereocenters. The Labute approximate surface area is 187 Å². The van der Waals surface area contributed by atoms with Crippen LogP contribution in [0.15, 0.2) is 0 Å². The molecular formula is C14H18Cl4N4O6S. The zero-order chi connectivity index (χ0) is 21.1. The topological polar surface area (TPSA) is 99.7 Å². The van der Waals surface area contributed by atoms with Gasteiger partial charge in [0.2, 0.25) is 0 Å². The number of halogens is 4. The van der Waals surface area contributed by atoms with Crippen molar-refractivity contribution in [3.63, 3.8) is 0 Å². The van der Waals surface area contributed by atoms with Crippen molar-refractivity contribution in [2.24, 2.45) is 0 Å². The van der Waals surface area contributed by atoms with Gasteiger partial charge in [0, 0.05) is 13.1 Å². The zero-order valence-corrected chi connectivity index (χ0v) is 18.7. The maximum absolute atomic E-state index is 12.6. The molecule has 0 spiro atoms. The molecule has 4 amide bonds. The van der Waals surface area contributed by atoms with Crippen molar-refractivity contribution in [3.05, 3.63) is 0 Å². The highest BCUT2D eigenvalue weighted by atomic mass is 35.5. The van der Waals surface area contributed by atoms with Crippen LogP contribution in [0.3, 0.4) is 0 Å². The third-order valence-corrected chi connectivity index (χ3v) is 7.51. The molecule has 29 heavy (non-hydrogen) atoms. The standard InChI is InChI=1S/C14H18Cl4N4O6S/c15-11(16)9-3-1-7-5-19(9)13(23)21(7)27-29(25,26)28-22-8-2-4-10(12(17)18)20(6-8)14(22)24/h7-12H,1-6H2. The van der Waals surface area contributed by atoms with E-state index in [1.807, 2.05) is 0 Å². The van der Waals surface area contributed by atoms with Crippen LogP contribution in [0.25, 0.3) is 0 Å². The fraction of sp³-hybridized carbons (Fsp3) is 0.857. The SMILES string of the molecule is O=C1N2CC(CCC2C(Cl)Cl)N1OS(=O)(=O)ON1C(=O)N2CC1CCC2C(Cl)Cl. The van der Waals surface area contributed by atoms with Crippen LogP contribution in [-0.2, 0) is 19.0 Å². The van der Waals surface area contributed by atoms with Crippen LogP contribution in [0.1, 0.15) is 25.7 Å². The van der Waals surface area contributed by atoms with Crippen LogP contribution in [0.5, 0.6) is 0 Å². The monoisotopic (exact) mass is 510 g/mol. The molecule has 4 saturated heterocycles. The summed E-state index contributed by atoms with van der Waals surface area (Å²) >= 11 is 23.6. The van der Waals surface area contributed by atoms with Gasteiger partial charge in [-0.25, -0.2) is 9.59 Å². The number of carbonyl (C=O) groups is 2. The molecule has 4 bridgehead atoms. The van der Waals surface area contributed by atoms with Gasteiger partial charge in [0.05, 0.1) is 24.2 Å². The van der Waals surface area contributed by atoms with E-state index in [1.54, 1.807) is 0 Å². The van der Waals surface area contributed by atoms with E-state index >= 15 is 0 Å². The molecule has 0 N–H and O–H groups in total. The fourth-order valence-corrected chi connectivity index (χ4v) is 6.09. The molecule has 0 aromatic carbocycles. The Morgan fingerprint density at radius 2 is 1.14 bits per heavy atom. The van der Waals surface area contributed by atoms with Gasteiger partial charge in [0.25, 0.3) is 0 Å². The number of urea groups is 2. The molecule has 164 valence electrons. The van der Waals surface area contributed by atoms with Gasteiger partial charge in [-0.05, 0) is 25.7 Å². The van der Waals surface area contributed by atoms with Gasteiger partial charge in [-0.2, -0.15) is 18.5 Å². The Morgan fingerprint density at radius 1 is 0.759 bits per heavy atom. The Morgan fingerprint density at radius 3 is 1.48 bits per heavy atom. The molecule has 4 unspecified atom stereocenters. The van der Waals surface area contributed by atoms with Gasteiger partial charge >= 0.3 is 22.5 Å².